The molecule has 0 amide bonds. The van der Waals surface area contributed by atoms with Crippen LogP contribution in [-0.2, 0) is 12.8 Å². The predicted octanol–water partition coefficient (Wildman–Crippen LogP) is 3.02. The molecule has 0 aliphatic carbocycles. The van der Waals surface area contributed by atoms with Crippen LogP contribution >= 0.6 is 0 Å². The fourth-order valence-electron chi connectivity index (χ4n) is 2.88. The first-order chi connectivity index (χ1) is 11.8. The summed E-state index contributed by atoms with van der Waals surface area (Å²) >= 11 is 0. The lowest BCUT2D eigenvalue weighted by molar-refractivity contribution is 0.209. The molecule has 1 unspecified atom stereocenters. The van der Waals surface area contributed by atoms with Crippen LogP contribution < -0.4 is 5.32 Å². The highest BCUT2D eigenvalue weighted by atomic mass is 16.3. The van der Waals surface area contributed by atoms with Crippen LogP contribution in [0.5, 0.6) is 0 Å². The molecule has 5 nitrogen and oxygen atoms in total. The Hall–Kier alpha value is -2.27. The summed E-state index contributed by atoms with van der Waals surface area (Å²) in [5.41, 5.74) is 3.37. The number of fused-ring (bicyclic) bond motifs is 1. The summed E-state index contributed by atoms with van der Waals surface area (Å²) in [5.74, 6) is 1.06. The van der Waals surface area contributed by atoms with E-state index in [9.17, 15) is 5.11 Å². The van der Waals surface area contributed by atoms with Crippen molar-refractivity contribution in [2.45, 2.75) is 44.6 Å². The van der Waals surface area contributed by atoms with Crippen LogP contribution in [0.25, 0.3) is 6.08 Å². The SMILES string of the molecule is OC(/C=C/c1cncnc1)CCCCc1ccc2c(n1)NCCC2. The van der Waals surface area contributed by atoms with Crippen molar-refractivity contribution in [3.05, 3.63) is 53.8 Å². The van der Waals surface area contributed by atoms with E-state index in [-0.39, 0.29) is 0 Å². The van der Waals surface area contributed by atoms with Crippen LogP contribution in [0, 0.1) is 0 Å². The molecule has 3 heterocycles. The number of nitrogens with zero attached hydrogens (tertiary/aromatic N) is 3. The molecule has 1 aliphatic rings. The Morgan fingerprint density at radius 3 is 2.96 bits per heavy atom. The minimum atomic E-state index is -0.427. The van der Waals surface area contributed by atoms with E-state index in [1.807, 2.05) is 6.08 Å². The third kappa shape index (κ3) is 4.86. The first kappa shape index (κ1) is 16.6. The van der Waals surface area contributed by atoms with Gasteiger partial charge in [-0.25, -0.2) is 15.0 Å². The number of aliphatic hydroxyl groups excluding tert-OH is 1. The minimum Gasteiger partial charge on any atom is -0.389 e. The average Bonchev–Trinajstić information content (AvgIpc) is 2.64. The van der Waals surface area contributed by atoms with Gasteiger partial charge >= 0.3 is 0 Å². The second-order valence-corrected chi connectivity index (χ2v) is 6.18. The number of anilines is 1. The van der Waals surface area contributed by atoms with Crippen LogP contribution in [0.4, 0.5) is 5.82 Å². The molecule has 0 saturated carbocycles. The molecule has 2 aromatic heterocycles. The average molecular weight is 324 g/mol. The Kier molecular flexibility index (Phi) is 5.90. The summed E-state index contributed by atoms with van der Waals surface area (Å²) in [6, 6.07) is 4.33. The van der Waals surface area contributed by atoms with E-state index in [4.69, 9.17) is 4.98 Å². The molecule has 0 radical (unpaired) electrons. The van der Waals surface area contributed by atoms with Crippen molar-refractivity contribution in [1.82, 2.24) is 15.0 Å². The van der Waals surface area contributed by atoms with E-state index >= 15 is 0 Å². The fraction of sp³-hybridized carbons (Fsp3) is 0.421. The quantitative estimate of drug-likeness (QED) is 0.766. The molecule has 24 heavy (non-hydrogen) atoms. The molecule has 0 bridgehead atoms. The molecular weight excluding hydrogens is 300 g/mol. The number of aryl methyl sites for hydroxylation is 2. The van der Waals surface area contributed by atoms with Crippen molar-refractivity contribution in [2.24, 2.45) is 0 Å². The van der Waals surface area contributed by atoms with Gasteiger partial charge in [-0.1, -0.05) is 24.6 Å². The molecule has 2 N–H and O–H groups in total. The number of unbranched alkanes of at least 4 members (excludes halogenated alkanes) is 1. The van der Waals surface area contributed by atoms with Gasteiger partial charge in [0.15, 0.2) is 0 Å². The molecule has 1 aliphatic heterocycles. The van der Waals surface area contributed by atoms with E-state index < -0.39 is 6.10 Å². The summed E-state index contributed by atoms with van der Waals surface area (Å²) in [5, 5.41) is 13.4. The smallest absolute Gasteiger partial charge is 0.129 e. The standard InChI is InChI=1S/C19H24N4O/c24-18(10-7-15-12-20-14-21-13-15)6-2-1-5-17-9-8-16-4-3-11-22-19(16)23-17/h7-10,12-14,18,24H,1-6,11H2,(H,22,23)/b10-7+. The maximum atomic E-state index is 10.0. The monoisotopic (exact) mass is 324 g/mol. The normalized spacial score (nSPS) is 15.0. The van der Waals surface area contributed by atoms with Crippen LogP contribution in [0.2, 0.25) is 0 Å². The van der Waals surface area contributed by atoms with Gasteiger partial charge in [-0.05, 0) is 43.7 Å². The first-order valence-electron chi connectivity index (χ1n) is 8.65. The molecule has 0 aromatic carbocycles. The van der Waals surface area contributed by atoms with Gasteiger partial charge < -0.3 is 10.4 Å². The number of pyridine rings is 1. The van der Waals surface area contributed by atoms with Crippen LogP contribution in [0.3, 0.4) is 0 Å². The Labute approximate surface area is 142 Å². The van der Waals surface area contributed by atoms with Crippen LogP contribution in [0.1, 0.15) is 42.5 Å². The lowest BCUT2D eigenvalue weighted by Crippen LogP contribution is -2.14. The van der Waals surface area contributed by atoms with Crippen molar-refractivity contribution in [2.75, 3.05) is 11.9 Å². The highest BCUT2D eigenvalue weighted by Crippen LogP contribution is 2.20. The van der Waals surface area contributed by atoms with Gasteiger partial charge in [0.1, 0.15) is 12.1 Å². The Bertz CT molecular complexity index is 672. The number of aliphatic hydroxyl groups is 1. The molecule has 2 aromatic rings. The van der Waals surface area contributed by atoms with Gasteiger partial charge in [0.05, 0.1) is 6.10 Å². The van der Waals surface area contributed by atoms with E-state index in [2.05, 4.69) is 27.4 Å². The molecule has 0 saturated heterocycles. The zero-order valence-corrected chi connectivity index (χ0v) is 13.9. The summed E-state index contributed by atoms with van der Waals surface area (Å²) in [7, 11) is 0. The highest BCUT2D eigenvalue weighted by Gasteiger charge is 2.10. The number of rotatable bonds is 7. The zero-order chi connectivity index (χ0) is 16.6. The third-order valence-corrected chi connectivity index (χ3v) is 4.23. The minimum absolute atomic E-state index is 0.427. The summed E-state index contributed by atoms with van der Waals surface area (Å²) in [6.45, 7) is 1.02. The van der Waals surface area contributed by atoms with Crippen molar-refractivity contribution in [3.63, 3.8) is 0 Å². The predicted molar refractivity (Wildman–Crippen MR) is 95.7 cm³/mol. The number of hydrogen-bond acceptors (Lipinski definition) is 5. The first-order valence-corrected chi connectivity index (χ1v) is 8.65. The lowest BCUT2D eigenvalue weighted by atomic mass is 10.0. The molecule has 0 fully saturated rings. The van der Waals surface area contributed by atoms with E-state index in [0.717, 1.165) is 55.7 Å². The fourth-order valence-corrected chi connectivity index (χ4v) is 2.88. The van der Waals surface area contributed by atoms with E-state index in [1.165, 1.54) is 18.3 Å². The van der Waals surface area contributed by atoms with Crippen molar-refractivity contribution in [1.29, 1.82) is 0 Å². The van der Waals surface area contributed by atoms with Gasteiger partial charge in [-0.15, -0.1) is 0 Å². The van der Waals surface area contributed by atoms with Gasteiger partial charge in [-0.2, -0.15) is 0 Å². The van der Waals surface area contributed by atoms with E-state index in [0.29, 0.717) is 0 Å². The maximum absolute atomic E-state index is 10.0. The molecular formula is C19H24N4O. The third-order valence-electron chi connectivity index (χ3n) is 4.23. The molecule has 126 valence electrons. The maximum Gasteiger partial charge on any atom is 0.129 e. The zero-order valence-electron chi connectivity index (χ0n) is 13.9. The van der Waals surface area contributed by atoms with Crippen molar-refractivity contribution < 1.29 is 5.11 Å². The molecule has 0 spiro atoms. The second-order valence-electron chi connectivity index (χ2n) is 6.18. The second kappa shape index (κ2) is 8.55. The van der Waals surface area contributed by atoms with Gasteiger partial charge in [-0.3, -0.25) is 0 Å². The Morgan fingerprint density at radius 1 is 1.21 bits per heavy atom. The highest BCUT2D eigenvalue weighted by molar-refractivity contribution is 5.47. The van der Waals surface area contributed by atoms with Gasteiger partial charge in [0, 0.05) is 30.2 Å². The summed E-state index contributed by atoms with van der Waals surface area (Å²) in [4.78, 5) is 12.6. The summed E-state index contributed by atoms with van der Waals surface area (Å²) < 4.78 is 0. The van der Waals surface area contributed by atoms with E-state index in [1.54, 1.807) is 18.5 Å². The molecule has 3 rings (SSSR count). The van der Waals surface area contributed by atoms with Crippen LogP contribution in [-0.4, -0.2) is 32.7 Å². The lowest BCUT2D eigenvalue weighted by Gasteiger charge is -2.17. The van der Waals surface area contributed by atoms with Crippen molar-refractivity contribution in [3.8, 4) is 0 Å². The van der Waals surface area contributed by atoms with Gasteiger partial charge in [0.25, 0.3) is 0 Å². The number of nitrogens with one attached hydrogen (secondary N) is 1. The number of hydrogen-bond donors (Lipinski definition) is 2. The Morgan fingerprint density at radius 2 is 2.08 bits per heavy atom. The van der Waals surface area contributed by atoms with Crippen LogP contribution in [0.15, 0.2) is 36.9 Å². The Balaban J connectivity index is 1.40. The molecule has 5 heteroatoms. The number of aromatic nitrogens is 3. The topological polar surface area (TPSA) is 70.9 Å². The summed E-state index contributed by atoms with van der Waals surface area (Å²) in [6.07, 6.45) is 14.2. The van der Waals surface area contributed by atoms with Gasteiger partial charge in [0.2, 0.25) is 0 Å². The van der Waals surface area contributed by atoms with Crippen molar-refractivity contribution >= 4 is 11.9 Å². The largest absolute Gasteiger partial charge is 0.389 e. The molecule has 1 atom stereocenters.